The molecule has 0 saturated heterocycles. The van der Waals surface area contributed by atoms with Crippen molar-refractivity contribution in [1.29, 1.82) is 0 Å². The first-order valence-electron chi connectivity index (χ1n) is 3.33. The van der Waals surface area contributed by atoms with Gasteiger partial charge >= 0.3 is 20.8 Å². The van der Waals surface area contributed by atoms with E-state index in [1.165, 1.54) is 0 Å². The van der Waals surface area contributed by atoms with Crippen LogP contribution in [0.15, 0.2) is 0 Å². The van der Waals surface area contributed by atoms with Gasteiger partial charge in [-0.15, -0.1) is 0 Å². The predicted molar refractivity (Wildman–Crippen MR) is 50.1 cm³/mol. The van der Waals surface area contributed by atoms with Crippen molar-refractivity contribution < 1.29 is 39.5 Å². The Morgan fingerprint density at radius 2 is 1.38 bits per heavy atom. The minimum Gasteiger partial charge on any atom is -0.367 e. The average Bonchev–Trinajstić information content (AvgIpc) is 1.75. The molecule has 0 fully saturated rings. The van der Waals surface area contributed by atoms with Gasteiger partial charge in [-0.05, 0) is 13.8 Å². The number of rotatable bonds is 3. The molecular formula is C4H11NO9S2. The lowest BCUT2D eigenvalue weighted by molar-refractivity contribution is -0.130. The highest BCUT2D eigenvalue weighted by Gasteiger charge is 2.31. The molecule has 0 heterocycles. The molecule has 0 aliphatic carbocycles. The largest absolute Gasteiger partial charge is 0.398 e. The molecule has 0 saturated carbocycles. The zero-order chi connectivity index (χ0) is 13.8. The highest BCUT2D eigenvalue weighted by atomic mass is 32.3. The van der Waals surface area contributed by atoms with Crippen molar-refractivity contribution in [3.63, 3.8) is 0 Å². The number of amides is 1. The van der Waals surface area contributed by atoms with Gasteiger partial charge in [-0.25, -0.2) is 4.18 Å². The quantitative estimate of drug-likeness (QED) is 0.443. The SMILES string of the molecule is CC(C)(OS(=O)(=O)O)C(N)=O.O=S(=O)(O)O. The number of hydrogen-bond acceptors (Lipinski definition) is 6. The van der Waals surface area contributed by atoms with E-state index in [9.17, 15) is 13.2 Å². The first kappa shape index (κ1) is 17.6. The number of carbonyl (C=O) groups excluding carboxylic acids is 1. The fraction of sp³-hybridized carbons (Fsp3) is 0.750. The van der Waals surface area contributed by atoms with Crippen molar-refractivity contribution in [2.45, 2.75) is 19.4 Å². The molecule has 1 amide bonds. The molecule has 0 rings (SSSR count). The van der Waals surface area contributed by atoms with Crippen LogP contribution < -0.4 is 5.73 Å². The maximum atomic E-state index is 10.4. The van der Waals surface area contributed by atoms with E-state index in [-0.39, 0.29) is 0 Å². The molecule has 0 bridgehead atoms. The average molecular weight is 281 g/mol. The van der Waals surface area contributed by atoms with E-state index in [2.05, 4.69) is 4.18 Å². The Bertz CT molecular complexity index is 424. The second-order valence-corrected chi connectivity index (χ2v) is 4.75. The molecule has 0 aromatic heterocycles. The first-order valence-corrected chi connectivity index (χ1v) is 6.09. The summed E-state index contributed by atoms with van der Waals surface area (Å²) in [5.41, 5.74) is 3.02. The normalized spacial score (nSPS) is 12.6. The molecule has 0 aromatic carbocycles. The summed E-state index contributed by atoms with van der Waals surface area (Å²) in [5, 5.41) is 0. The molecule has 16 heavy (non-hydrogen) atoms. The van der Waals surface area contributed by atoms with Crippen LogP contribution in [0.25, 0.3) is 0 Å². The Balaban J connectivity index is 0. The number of nitrogens with two attached hydrogens (primary N) is 1. The summed E-state index contributed by atoms with van der Waals surface area (Å²) in [7, 11) is -9.29. The summed E-state index contributed by atoms with van der Waals surface area (Å²) in [6.07, 6.45) is 0. The van der Waals surface area contributed by atoms with Crippen molar-refractivity contribution >= 4 is 26.7 Å². The lowest BCUT2D eigenvalue weighted by Crippen LogP contribution is -2.42. The zero-order valence-electron chi connectivity index (χ0n) is 8.18. The van der Waals surface area contributed by atoms with Crippen LogP contribution in [0, 0.1) is 0 Å². The molecule has 98 valence electrons. The minimum absolute atomic E-state index is 0.977. The van der Waals surface area contributed by atoms with Gasteiger partial charge in [0, 0.05) is 0 Å². The van der Waals surface area contributed by atoms with Gasteiger partial charge in [0.05, 0.1) is 0 Å². The lowest BCUT2D eigenvalue weighted by atomic mass is 10.1. The number of primary amides is 1. The smallest absolute Gasteiger partial charge is 0.367 e. The van der Waals surface area contributed by atoms with Gasteiger partial charge in [-0.2, -0.15) is 16.8 Å². The van der Waals surface area contributed by atoms with Gasteiger partial charge < -0.3 is 5.73 Å². The second-order valence-electron chi connectivity index (χ2n) is 2.83. The molecule has 5 N–H and O–H groups in total. The molecule has 0 aliphatic rings. The Morgan fingerprint density at radius 3 is 1.44 bits per heavy atom. The third kappa shape index (κ3) is 15.7. The van der Waals surface area contributed by atoms with Crippen molar-refractivity contribution in [3.05, 3.63) is 0 Å². The summed E-state index contributed by atoms with van der Waals surface area (Å²) in [4.78, 5) is 10.4. The molecule has 0 aliphatic heterocycles. The zero-order valence-corrected chi connectivity index (χ0v) is 9.82. The van der Waals surface area contributed by atoms with Crippen LogP contribution in [-0.4, -0.2) is 42.0 Å². The maximum absolute atomic E-state index is 10.4. The predicted octanol–water partition coefficient (Wildman–Crippen LogP) is -1.58. The van der Waals surface area contributed by atoms with Crippen LogP contribution in [0.5, 0.6) is 0 Å². The molecule has 0 aromatic rings. The van der Waals surface area contributed by atoms with Crippen molar-refractivity contribution in [3.8, 4) is 0 Å². The Kier molecular flexibility index (Phi) is 6.06. The van der Waals surface area contributed by atoms with E-state index in [0.717, 1.165) is 13.8 Å². The fourth-order valence-corrected chi connectivity index (χ4v) is 0.913. The Labute approximate surface area is 91.9 Å². The highest BCUT2D eigenvalue weighted by molar-refractivity contribution is 7.81. The lowest BCUT2D eigenvalue weighted by Gasteiger charge is -2.17. The van der Waals surface area contributed by atoms with Crippen LogP contribution in [0.4, 0.5) is 0 Å². The monoisotopic (exact) mass is 281 g/mol. The first-order chi connectivity index (χ1) is 6.65. The highest BCUT2D eigenvalue weighted by Crippen LogP contribution is 2.10. The van der Waals surface area contributed by atoms with Crippen LogP contribution in [0.2, 0.25) is 0 Å². The molecular weight excluding hydrogens is 270 g/mol. The fourth-order valence-electron chi connectivity index (χ4n) is 0.304. The van der Waals surface area contributed by atoms with Gasteiger partial charge in [0.2, 0.25) is 0 Å². The van der Waals surface area contributed by atoms with E-state index in [1.54, 1.807) is 0 Å². The van der Waals surface area contributed by atoms with E-state index >= 15 is 0 Å². The van der Waals surface area contributed by atoms with E-state index in [0.29, 0.717) is 0 Å². The minimum atomic E-state index is -4.67. The summed E-state index contributed by atoms with van der Waals surface area (Å²) < 4.78 is 63.8. The summed E-state index contributed by atoms with van der Waals surface area (Å²) in [6.45, 7) is 2.26. The van der Waals surface area contributed by atoms with Gasteiger partial charge in [0.15, 0.2) is 5.60 Å². The standard InChI is InChI=1S/C4H9NO5S.H2O4S/c1-4(2,3(5)6)10-11(7,8)9;1-5(2,3)4/h1-2H3,(H2,5,6)(H,7,8,9);(H2,1,2,3,4). The molecule has 0 unspecified atom stereocenters. The second kappa shape index (κ2) is 5.51. The van der Waals surface area contributed by atoms with Crippen molar-refractivity contribution in [1.82, 2.24) is 0 Å². The van der Waals surface area contributed by atoms with Crippen LogP contribution in [-0.2, 0) is 29.8 Å². The number of hydrogen-bond donors (Lipinski definition) is 4. The van der Waals surface area contributed by atoms with Crippen LogP contribution in [0.3, 0.4) is 0 Å². The molecule has 0 radical (unpaired) electrons. The van der Waals surface area contributed by atoms with Crippen LogP contribution >= 0.6 is 0 Å². The van der Waals surface area contributed by atoms with E-state index in [1.807, 2.05) is 0 Å². The third-order valence-electron chi connectivity index (χ3n) is 0.907. The number of carbonyl (C=O) groups is 1. The van der Waals surface area contributed by atoms with Gasteiger partial charge in [-0.3, -0.25) is 18.5 Å². The van der Waals surface area contributed by atoms with Crippen LogP contribution in [0.1, 0.15) is 13.8 Å². The third-order valence-corrected chi connectivity index (χ3v) is 1.53. The summed E-state index contributed by atoms with van der Waals surface area (Å²) >= 11 is 0. The van der Waals surface area contributed by atoms with E-state index < -0.39 is 32.3 Å². The van der Waals surface area contributed by atoms with Crippen molar-refractivity contribution in [2.24, 2.45) is 5.73 Å². The Hall–Kier alpha value is -0.790. The van der Waals surface area contributed by atoms with Gasteiger partial charge in [0.25, 0.3) is 5.91 Å². The molecule has 0 atom stereocenters. The maximum Gasteiger partial charge on any atom is 0.398 e. The molecule has 10 nitrogen and oxygen atoms in total. The van der Waals surface area contributed by atoms with Gasteiger partial charge in [-0.1, -0.05) is 0 Å². The topological polar surface area (TPSA) is 181 Å². The molecule has 0 spiro atoms. The summed E-state index contributed by atoms with van der Waals surface area (Å²) in [6, 6.07) is 0. The van der Waals surface area contributed by atoms with Crippen molar-refractivity contribution in [2.75, 3.05) is 0 Å². The summed E-state index contributed by atoms with van der Waals surface area (Å²) in [5.74, 6) is -0.977. The van der Waals surface area contributed by atoms with Gasteiger partial charge in [0.1, 0.15) is 0 Å². The van der Waals surface area contributed by atoms with E-state index in [4.69, 9.17) is 27.8 Å². The molecule has 12 heteroatoms. The Morgan fingerprint density at radius 1 is 1.12 bits per heavy atom.